The Morgan fingerprint density at radius 1 is 1.33 bits per heavy atom. The monoisotopic (exact) mass is 250 g/mol. The van der Waals surface area contributed by atoms with E-state index < -0.39 is 5.97 Å². The second-order valence-corrected chi connectivity index (χ2v) is 3.98. The predicted molar refractivity (Wildman–Crippen MR) is 74.7 cm³/mol. The van der Waals surface area contributed by atoms with Gasteiger partial charge in [0.05, 0.1) is 5.84 Å². The number of rotatable bonds is 8. The molecule has 0 radical (unpaired) electrons. The number of nitrogens with zero attached hydrogens (tertiary/aromatic N) is 1. The molecule has 18 heavy (non-hydrogen) atoms. The summed E-state index contributed by atoms with van der Waals surface area (Å²) >= 11 is 0. The quantitative estimate of drug-likeness (QED) is 0.301. The van der Waals surface area contributed by atoms with E-state index >= 15 is 0 Å². The third-order valence-corrected chi connectivity index (χ3v) is 2.48. The third kappa shape index (κ3) is 7.44. The van der Waals surface area contributed by atoms with Crippen LogP contribution in [0.4, 0.5) is 0 Å². The molecule has 0 aliphatic carbocycles. The summed E-state index contributed by atoms with van der Waals surface area (Å²) in [5.41, 5.74) is 0.747. The molecule has 0 heterocycles. The summed E-state index contributed by atoms with van der Waals surface area (Å²) in [5, 5.41) is 16.4. The lowest BCUT2D eigenvalue weighted by Gasteiger charge is -2.20. The maximum atomic E-state index is 10.3. The maximum absolute atomic E-state index is 10.3. The Labute approximate surface area is 109 Å². The number of likely N-dealkylation sites (N-methyl/N-ethyl adjacent to an activating group) is 1. The highest BCUT2D eigenvalue weighted by atomic mass is 16.4. The lowest BCUT2D eigenvalue weighted by atomic mass is 10.1. The highest BCUT2D eigenvalue weighted by Gasteiger charge is 2.06. The molecule has 0 bridgehead atoms. The van der Waals surface area contributed by atoms with Crippen LogP contribution in [0.1, 0.15) is 32.6 Å². The fourth-order valence-electron chi connectivity index (χ4n) is 1.30. The van der Waals surface area contributed by atoms with Gasteiger partial charge in [0, 0.05) is 25.6 Å². The van der Waals surface area contributed by atoms with Gasteiger partial charge in [-0.1, -0.05) is 24.8 Å². The molecule has 0 aliphatic heterocycles. The van der Waals surface area contributed by atoms with E-state index in [-0.39, 0.29) is 6.42 Å². The van der Waals surface area contributed by atoms with Crippen molar-refractivity contribution in [2.75, 3.05) is 7.05 Å². The number of nitrogens with one attached hydrogen (secondary N) is 1. The van der Waals surface area contributed by atoms with Gasteiger partial charge in [0.2, 0.25) is 0 Å². The predicted octanol–water partition coefficient (Wildman–Crippen LogP) is 3.19. The smallest absolute Gasteiger partial charge is 0.303 e. The average molecular weight is 250 g/mol. The number of carboxylic acids is 1. The molecule has 4 nitrogen and oxygen atoms in total. The summed E-state index contributed by atoms with van der Waals surface area (Å²) in [5.74, 6) is -0.330. The van der Waals surface area contributed by atoms with E-state index in [1.165, 1.54) is 0 Å². The number of hydrogen-bond acceptors (Lipinski definition) is 2. The number of carboxylic acid groups (broad SMARTS) is 1. The molecule has 0 fully saturated rings. The summed E-state index contributed by atoms with van der Waals surface area (Å²) < 4.78 is 0. The zero-order valence-electron chi connectivity index (χ0n) is 11.1. The number of aliphatic carboxylic acids is 1. The first-order valence-electron chi connectivity index (χ1n) is 6.00. The Bertz CT molecular complexity index is 357. The van der Waals surface area contributed by atoms with Crippen molar-refractivity contribution in [3.8, 4) is 0 Å². The van der Waals surface area contributed by atoms with E-state index in [0.717, 1.165) is 5.70 Å². The van der Waals surface area contributed by atoms with Gasteiger partial charge in [-0.15, -0.1) is 0 Å². The maximum Gasteiger partial charge on any atom is 0.303 e. The molecule has 0 aromatic rings. The topological polar surface area (TPSA) is 64.4 Å². The van der Waals surface area contributed by atoms with E-state index in [2.05, 4.69) is 6.58 Å². The SMILES string of the molecule is C=C(/C=C\C=C/C)N(C)C(=N)CCCCC(=O)O. The molecular formula is C14H22N2O2. The van der Waals surface area contributed by atoms with Gasteiger partial charge in [0.15, 0.2) is 0 Å². The minimum absolute atomic E-state index is 0.166. The number of hydrogen-bond donors (Lipinski definition) is 2. The first-order chi connectivity index (χ1) is 8.49. The third-order valence-electron chi connectivity index (χ3n) is 2.48. The van der Waals surface area contributed by atoms with Crippen molar-refractivity contribution in [1.82, 2.24) is 4.90 Å². The second kappa shape index (κ2) is 9.22. The van der Waals surface area contributed by atoms with Crippen molar-refractivity contribution in [3.63, 3.8) is 0 Å². The molecule has 100 valence electrons. The van der Waals surface area contributed by atoms with Crippen LogP contribution in [0.25, 0.3) is 0 Å². The lowest BCUT2D eigenvalue weighted by molar-refractivity contribution is -0.137. The first-order valence-corrected chi connectivity index (χ1v) is 6.00. The largest absolute Gasteiger partial charge is 0.481 e. The molecule has 0 saturated carbocycles. The number of unbranched alkanes of at least 4 members (excludes halogenated alkanes) is 1. The Hall–Kier alpha value is -1.84. The molecule has 0 spiro atoms. The van der Waals surface area contributed by atoms with E-state index in [1.807, 2.05) is 31.2 Å². The molecule has 4 heteroatoms. The van der Waals surface area contributed by atoms with E-state index in [0.29, 0.717) is 25.1 Å². The van der Waals surface area contributed by atoms with Gasteiger partial charge >= 0.3 is 5.97 Å². The Balaban J connectivity index is 4.02. The summed E-state index contributed by atoms with van der Waals surface area (Å²) in [6.45, 7) is 5.81. The molecule has 0 atom stereocenters. The molecule has 0 aliphatic rings. The van der Waals surface area contributed by atoms with Crippen molar-refractivity contribution < 1.29 is 9.90 Å². The summed E-state index contributed by atoms with van der Waals surface area (Å²) in [6.07, 6.45) is 9.58. The van der Waals surface area contributed by atoms with Gasteiger partial charge in [-0.05, 0) is 25.8 Å². The zero-order chi connectivity index (χ0) is 14.0. The number of carbonyl (C=O) groups is 1. The van der Waals surface area contributed by atoms with Crippen LogP contribution in [0.15, 0.2) is 36.6 Å². The summed E-state index contributed by atoms with van der Waals surface area (Å²) in [4.78, 5) is 12.0. The van der Waals surface area contributed by atoms with Gasteiger partial charge < -0.3 is 10.0 Å². The van der Waals surface area contributed by atoms with Crippen LogP contribution in [0.2, 0.25) is 0 Å². The molecule has 0 saturated heterocycles. The fraction of sp³-hybridized carbons (Fsp3) is 0.429. The molecule has 0 rings (SSSR count). The van der Waals surface area contributed by atoms with Crippen molar-refractivity contribution >= 4 is 11.8 Å². The highest BCUT2D eigenvalue weighted by Crippen LogP contribution is 2.08. The number of allylic oxidation sites excluding steroid dienone is 4. The van der Waals surface area contributed by atoms with Crippen LogP contribution >= 0.6 is 0 Å². The van der Waals surface area contributed by atoms with E-state index in [9.17, 15) is 4.79 Å². The van der Waals surface area contributed by atoms with Gasteiger partial charge in [0.1, 0.15) is 0 Å². The first kappa shape index (κ1) is 16.2. The average Bonchev–Trinajstić information content (AvgIpc) is 2.33. The Morgan fingerprint density at radius 3 is 2.50 bits per heavy atom. The molecule has 0 unspecified atom stereocenters. The van der Waals surface area contributed by atoms with Crippen LogP contribution in [-0.2, 0) is 4.79 Å². The minimum Gasteiger partial charge on any atom is -0.481 e. The minimum atomic E-state index is -0.784. The van der Waals surface area contributed by atoms with Gasteiger partial charge in [-0.3, -0.25) is 10.2 Å². The van der Waals surface area contributed by atoms with Crippen molar-refractivity contribution in [2.45, 2.75) is 32.6 Å². The second-order valence-electron chi connectivity index (χ2n) is 3.98. The van der Waals surface area contributed by atoms with Crippen LogP contribution in [0.3, 0.4) is 0 Å². The van der Waals surface area contributed by atoms with Gasteiger partial charge in [-0.2, -0.15) is 0 Å². The molecule has 0 aromatic heterocycles. The Morgan fingerprint density at radius 2 is 1.94 bits per heavy atom. The number of amidine groups is 1. The molecule has 2 N–H and O–H groups in total. The van der Waals surface area contributed by atoms with Crippen molar-refractivity contribution in [3.05, 3.63) is 36.6 Å². The van der Waals surface area contributed by atoms with Crippen molar-refractivity contribution in [1.29, 1.82) is 5.41 Å². The molecular weight excluding hydrogens is 228 g/mol. The van der Waals surface area contributed by atoms with Gasteiger partial charge in [0.25, 0.3) is 0 Å². The zero-order valence-corrected chi connectivity index (χ0v) is 11.1. The highest BCUT2D eigenvalue weighted by molar-refractivity contribution is 5.81. The van der Waals surface area contributed by atoms with Gasteiger partial charge in [-0.25, -0.2) is 0 Å². The molecule has 0 amide bonds. The summed E-state index contributed by atoms with van der Waals surface area (Å²) in [6, 6.07) is 0. The van der Waals surface area contributed by atoms with Crippen LogP contribution in [0, 0.1) is 5.41 Å². The van der Waals surface area contributed by atoms with E-state index in [1.54, 1.807) is 11.9 Å². The van der Waals surface area contributed by atoms with Crippen molar-refractivity contribution in [2.24, 2.45) is 0 Å². The Kier molecular flexibility index (Phi) is 8.27. The van der Waals surface area contributed by atoms with E-state index in [4.69, 9.17) is 10.5 Å². The van der Waals surface area contributed by atoms with Crippen LogP contribution < -0.4 is 0 Å². The normalized spacial score (nSPS) is 11.0. The lowest BCUT2D eigenvalue weighted by Crippen LogP contribution is -2.23. The fourth-order valence-corrected chi connectivity index (χ4v) is 1.30. The standard InChI is InChI=1S/C14H22N2O2/c1-4-5-6-9-12(2)16(3)13(15)10-7-8-11-14(17)18/h4-6,9,15H,2,7-8,10-11H2,1,3H3,(H,17,18)/b5-4-,9-6-,15-13?. The van der Waals surface area contributed by atoms with Crippen LogP contribution in [0.5, 0.6) is 0 Å². The summed E-state index contributed by atoms with van der Waals surface area (Å²) in [7, 11) is 1.79. The van der Waals surface area contributed by atoms with Crippen LogP contribution in [-0.4, -0.2) is 28.9 Å². The molecule has 0 aromatic carbocycles.